The van der Waals surface area contributed by atoms with Crippen molar-refractivity contribution in [1.82, 2.24) is 5.01 Å². The molecular formula is C13H17ClN2O2. The first kappa shape index (κ1) is 14.6. The highest BCUT2D eigenvalue weighted by Gasteiger charge is 2.31. The van der Waals surface area contributed by atoms with Crippen molar-refractivity contribution in [1.29, 1.82) is 0 Å². The molecule has 0 aliphatic carbocycles. The highest BCUT2D eigenvalue weighted by molar-refractivity contribution is 6.30. The lowest BCUT2D eigenvalue weighted by atomic mass is 10.0. The first-order valence-corrected chi connectivity index (χ1v) is 6.07. The van der Waals surface area contributed by atoms with Crippen LogP contribution in [0.1, 0.15) is 38.1 Å². The number of carbonyl (C=O) groups is 1. The monoisotopic (exact) mass is 268 g/mol. The molecule has 1 aromatic rings. The predicted molar refractivity (Wildman–Crippen MR) is 72.6 cm³/mol. The third-order valence-corrected chi connectivity index (χ3v) is 2.90. The normalized spacial score (nSPS) is 12.9. The van der Waals surface area contributed by atoms with Crippen molar-refractivity contribution >= 4 is 17.4 Å². The van der Waals surface area contributed by atoms with Crippen LogP contribution in [0.25, 0.3) is 0 Å². The average Bonchev–Trinajstić information content (AvgIpc) is 2.28. The van der Waals surface area contributed by atoms with Gasteiger partial charge in [0.2, 0.25) is 0 Å². The smallest absolute Gasteiger partial charge is 0.186 e. The molecule has 0 aromatic heterocycles. The van der Waals surface area contributed by atoms with Crippen LogP contribution < -0.4 is 0 Å². The summed E-state index contributed by atoms with van der Waals surface area (Å²) in [6.07, 6.45) is 0. The van der Waals surface area contributed by atoms with Crippen LogP contribution in [0, 0.1) is 4.91 Å². The van der Waals surface area contributed by atoms with Crippen molar-refractivity contribution < 1.29 is 4.79 Å². The van der Waals surface area contributed by atoms with Gasteiger partial charge in [-0.3, -0.25) is 4.79 Å². The summed E-state index contributed by atoms with van der Waals surface area (Å²) in [5, 5.41) is 4.80. The average molecular weight is 269 g/mol. The fourth-order valence-corrected chi connectivity index (χ4v) is 1.87. The molecule has 98 valence electrons. The molecule has 4 nitrogen and oxygen atoms in total. The summed E-state index contributed by atoms with van der Waals surface area (Å²) in [5.41, 5.74) is 0.0216. The van der Waals surface area contributed by atoms with Gasteiger partial charge in [-0.2, -0.15) is 0 Å². The van der Waals surface area contributed by atoms with E-state index >= 15 is 0 Å². The number of hydrogen-bond acceptors (Lipinski definition) is 3. The molecule has 0 radical (unpaired) electrons. The van der Waals surface area contributed by atoms with E-state index < -0.39 is 11.6 Å². The lowest BCUT2D eigenvalue weighted by Gasteiger charge is -2.34. The summed E-state index contributed by atoms with van der Waals surface area (Å²) in [4.78, 5) is 23.1. The number of nitroso groups, excluding NO2 is 1. The summed E-state index contributed by atoms with van der Waals surface area (Å²) in [5.74, 6) is -0.152. The summed E-state index contributed by atoms with van der Waals surface area (Å²) in [6.45, 7) is 7.17. The maximum absolute atomic E-state index is 12.2. The maximum atomic E-state index is 12.2. The van der Waals surface area contributed by atoms with Gasteiger partial charge < -0.3 is 0 Å². The highest BCUT2D eigenvalue weighted by atomic mass is 35.5. The van der Waals surface area contributed by atoms with Crippen molar-refractivity contribution in [3.05, 3.63) is 39.8 Å². The van der Waals surface area contributed by atoms with Gasteiger partial charge in [-0.1, -0.05) is 11.6 Å². The van der Waals surface area contributed by atoms with E-state index in [0.717, 1.165) is 0 Å². The van der Waals surface area contributed by atoms with Gasteiger partial charge in [0, 0.05) is 10.6 Å². The van der Waals surface area contributed by atoms with Crippen molar-refractivity contribution in [2.45, 2.75) is 39.3 Å². The number of Topliss-reactive ketones (excluding diaryl/α,β-unsaturated/α-hetero) is 1. The Kier molecular flexibility index (Phi) is 4.46. The summed E-state index contributed by atoms with van der Waals surface area (Å²) >= 11 is 5.77. The zero-order valence-corrected chi connectivity index (χ0v) is 11.7. The topological polar surface area (TPSA) is 49.7 Å². The molecule has 0 saturated carbocycles. The van der Waals surface area contributed by atoms with Crippen LogP contribution in [0.3, 0.4) is 0 Å². The second kappa shape index (κ2) is 5.48. The van der Waals surface area contributed by atoms with Crippen LogP contribution in [-0.2, 0) is 0 Å². The van der Waals surface area contributed by atoms with E-state index in [1.54, 1.807) is 31.2 Å². The highest BCUT2D eigenvalue weighted by Crippen LogP contribution is 2.20. The third kappa shape index (κ3) is 3.29. The van der Waals surface area contributed by atoms with Crippen molar-refractivity contribution in [3.8, 4) is 0 Å². The fraction of sp³-hybridized carbons (Fsp3) is 0.462. The van der Waals surface area contributed by atoms with Gasteiger partial charge in [0.1, 0.15) is 6.04 Å². The van der Waals surface area contributed by atoms with E-state index in [2.05, 4.69) is 5.29 Å². The number of carbonyl (C=O) groups excluding carboxylic acids is 1. The molecule has 0 amide bonds. The zero-order valence-electron chi connectivity index (χ0n) is 11.0. The first-order valence-electron chi connectivity index (χ1n) is 5.69. The van der Waals surface area contributed by atoms with Crippen LogP contribution in [0.5, 0.6) is 0 Å². The largest absolute Gasteiger partial charge is 0.292 e. The maximum Gasteiger partial charge on any atom is 0.186 e. The lowest BCUT2D eigenvalue weighted by Crippen LogP contribution is -2.46. The Labute approximate surface area is 112 Å². The van der Waals surface area contributed by atoms with E-state index in [0.29, 0.717) is 10.6 Å². The van der Waals surface area contributed by atoms with Gasteiger partial charge in [-0.15, -0.1) is 4.91 Å². The van der Waals surface area contributed by atoms with E-state index in [-0.39, 0.29) is 5.78 Å². The van der Waals surface area contributed by atoms with Gasteiger partial charge >= 0.3 is 0 Å². The number of hydrogen-bond donors (Lipinski definition) is 0. The molecule has 0 aliphatic heterocycles. The summed E-state index contributed by atoms with van der Waals surface area (Å²) in [7, 11) is 0. The van der Waals surface area contributed by atoms with Crippen molar-refractivity contribution in [3.63, 3.8) is 0 Å². The van der Waals surface area contributed by atoms with Crippen molar-refractivity contribution in [2.24, 2.45) is 5.29 Å². The van der Waals surface area contributed by atoms with Crippen LogP contribution in [0.15, 0.2) is 29.6 Å². The molecule has 1 aromatic carbocycles. The zero-order chi connectivity index (χ0) is 13.9. The number of halogens is 1. The molecule has 1 unspecified atom stereocenters. The number of benzene rings is 1. The van der Waals surface area contributed by atoms with Crippen molar-refractivity contribution in [2.75, 3.05) is 0 Å². The standard InChI is InChI=1S/C13H17ClN2O2/c1-9(16(15-18)13(2,3)4)12(17)10-5-7-11(14)8-6-10/h5-9H,1-4H3. The summed E-state index contributed by atoms with van der Waals surface area (Å²) < 4.78 is 0. The van der Waals surface area contributed by atoms with E-state index in [1.807, 2.05) is 20.8 Å². The Balaban J connectivity index is 2.96. The van der Waals surface area contributed by atoms with Crippen LogP contribution in [0.4, 0.5) is 0 Å². The SMILES string of the molecule is CC(C(=O)c1ccc(Cl)cc1)N(N=O)C(C)(C)C. The molecule has 1 atom stereocenters. The van der Waals surface area contributed by atoms with Gasteiger partial charge in [0.15, 0.2) is 5.78 Å². The third-order valence-electron chi connectivity index (χ3n) is 2.65. The molecule has 0 aliphatic rings. The molecule has 0 fully saturated rings. The van der Waals surface area contributed by atoms with Gasteiger partial charge in [-0.25, -0.2) is 5.01 Å². The second-order valence-electron chi connectivity index (χ2n) is 5.14. The minimum absolute atomic E-state index is 0.152. The molecule has 0 N–H and O–H groups in total. The number of nitrogens with zero attached hydrogens (tertiary/aromatic N) is 2. The van der Waals surface area contributed by atoms with Crippen LogP contribution in [0.2, 0.25) is 5.02 Å². The van der Waals surface area contributed by atoms with Gasteiger partial charge in [0.25, 0.3) is 0 Å². The van der Waals surface area contributed by atoms with Gasteiger partial charge in [0.05, 0.1) is 10.8 Å². The van der Waals surface area contributed by atoms with E-state index in [4.69, 9.17) is 11.6 Å². The Morgan fingerprint density at radius 2 is 1.78 bits per heavy atom. The molecule has 1 rings (SSSR count). The first-order chi connectivity index (χ1) is 8.27. The Morgan fingerprint density at radius 3 is 2.17 bits per heavy atom. The molecule has 5 heteroatoms. The number of rotatable bonds is 4. The van der Waals surface area contributed by atoms with Crippen LogP contribution in [-0.4, -0.2) is 22.4 Å². The van der Waals surface area contributed by atoms with Crippen LogP contribution >= 0.6 is 11.6 Å². The Bertz CT molecular complexity index is 437. The molecular weight excluding hydrogens is 252 g/mol. The molecule has 18 heavy (non-hydrogen) atoms. The molecule has 0 spiro atoms. The summed E-state index contributed by atoms with van der Waals surface area (Å²) in [6, 6.07) is 5.98. The molecule has 0 bridgehead atoms. The minimum atomic E-state index is -0.608. The Morgan fingerprint density at radius 1 is 1.28 bits per heavy atom. The quantitative estimate of drug-likeness (QED) is 0.475. The molecule has 0 heterocycles. The van der Waals surface area contributed by atoms with Gasteiger partial charge in [-0.05, 0) is 52.0 Å². The Hall–Kier alpha value is -1.42. The lowest BCUT2D eigenvalue weighted by molar-refractivity contribution is 0.0623. The van der Waals surface area contributed by atoms with E-state index in [1.165, 1.54) is 5.01 Å². The number of ketones is 1. The predicted octanol–water partition coefficient (Wildman–Crippen LogP) is 3.69. The fourth-order valence-electron chi connectivity index (χ4n) is 1.74. The minimum Gasteiger partial charge on any atom is -0.292 e. The van der Waals surface area contributed by atoms with E-state index in [9.17, 15) is 9.70 Å². The molecule has 0 saturated heterocycles. The second-order valence-corrected chi connectivity index (χ2v) is 5.58.